The Bertz CT molecular complexity index is 855. The second kappa shape index (κ2) is 8.35. The fraction of sp³-hybridized carbons (Fsp3) is 0.350. The number of anilines is 1. The van der Waals surface area contributed by atoms with Crippen molar-refractivity contribution in [2.24, 2.45) is 5.92 Å². The molecule has 27 heavy (non-hydrogen) atoms. The van der Waals surface area contributed by atoms with E-state index in [1.165, 1.54) is 23.4 Å². The predicted molar refractivity (Wildman–Crippen MR) is 105 cm³/mol. The molecule has 0 aliphatic carbocycles. The fourth-order valence-electron chi connectivity index (χ4n) is 3.28. The topological polar surface area (TPSA) is 71.3 Å². The third kappa shape index (κ3) is 4.54. The Kier molecular flexibility index (Phi) is 5.48. The van der Waals surface area contributed by atoms with Crippen molar-refractivity contribution in [1.29, 1.82) is 0 Å². The molecule has 2 aromatic heterocycles. The van der Waals surface area contributed by atoms with E-state index in [0.29, 0.717) is 18.2 Å². The summed E-state index contributed by atoms with van der Waals surface area (Å²) in [5, 5.41) is 3.96. The van der Waals surface area contributed by atoms with E-state index in [-0.39, 0.29) is 5.91 Å². The Morgan fingerprint density at radius 3 is 2.74 bits per heavy atom. The first-order valence-electron chi connectivity index (χ1n) is 9.21. The zero-order valence-electron chi connectivity index (χ0n) is 15.0. The van der Waals surface area contributed by atoms with Crippen LogP contribution < -0.4 is 10.2 Å². The molecule has 1 fully saturated rings. The molecule has 0 atom stereocenters. The highest BCUT2D eigenvalue weighted by molar-refractivity contribution is 7.09. The number of rotatable bonds is 6. The molecule has 1 aliphatic rings. The average molecular weight is 382 g/mol. The summed E-state index contributed by atoms with van der Waals surface area (Å²) < 4.78 is 9.64. The second-order valence-electron chi connectivity index (χ2n) is 6.77. The lowest BCUT2D eigenvalue weighted by Gasteiger charge is -2.31. The number of furan rings is 1. The molecule has 7 heteroatoms. The highest BCUT2D eigenvalue weighted by atomic mass is 32.1. The lowest BCUT2D eigenvalue weighted by Crippen LogP contribution is -2.38. The first kappa shape index (κ1) is 17.7. The molecule has 0 radical (unpaired) electrons. The molecular weight excluding hydrogens is 360 g/mol. The number of carbonyl (C=O) groups is 1. The van der Waals surface area contributed by atoms with Crippen LogP contribution in [0.3, 0.4) is 0 Å². The number of amides is 1. The highest BCUT2D eigenvalue weighted by Gasteiger charge is 2.22. The fourth-order valence-corrected chi connectivity index (χ4v) is 4.02. The highest BCUT2D eigenvalue weighted by Crippen LogP contribution is 2.25. The normalized spacial score (nSPS) is 15.0. The van der Waals surface area contributed by atoms with Gasteiger partial charge in [0.2, 0.25) is 5.13 Å². The van der Waals surface area contributed by atoms with Gasteiger partial charge in [0.25, 0.3) is 5.91 Å². The van der Waals surface area contributed by atoms with E-state index in [0.717, 1.165) is 43.3 Å². The summed E-state index contributed by atoms with van der Waals surface area (Å²) in [7, 11) is 0. The number of hydrogen-bond donors (Lipinski definition) is 1. The van der Waals surface area contributed by atoms with Crippen LogP contribution >= 0.6 is 11.5 Å². The summed E-state index contributed by atoms with van der Waals surface area (Å²) in [4.78, 5) is 19.0. The van der Waals surface area contributed by atoms with Crippen molar-refractivity contribution < 1.29 is 9.21 Å². The molecule has 140 valence electrons. The molecule has 1 saturated heterocycles. The third-order valence-electron chi connectivity index (χ3n) is 4.84. The van der Waals surface area contributed by atoms with Gasteiger partial charge >= 0.3 is 0 Å². The molecule has 1 aliphatic heterocycles. The van der Waals surface area contributed by atoms with Gasteiger partial charge in [0.05, 0.1) is 6.26 Å². The van der Waals surface area contributed by atoms with Gasteiger partial charge in [0, 0.05) is 37.6 Å². The van der Waals surface area contributed by atoms with Crippen LogP contribution in [0.5, 0.6) is 0 Å². The van der Waals surface area contributed by atoms with Crippen LogP contribution in [0, 0.1) is 5.92 Å². The molecule has 1 aromatic carbocycles. The number of nitrogens with one attached hydrogen (secondary N) is 1. The molecule has 3 aromatic rings. The van der Waals surface area contributed by atoms with E-state index < -0.39 is 0 Å². The van der Waals surface area contributed by atoms with Crippen LogP contribution in [-0.2, 0) is 6.42 Å². The number of hydrogen-bond acceptors (Lipinski definition) is 6. The molecule has 1 N–H and O–H groups in total. The monoisotopic (exact) mass is 382 g/mol. The molecule has 6 nitrogen and oxygen atoms in total. The first-order chi connectivity index (χ1) is 13.3. The maximum atomic E-state index is 12.0. The van der Waals surface area contributed by atoms with E-state index in [9.17, 15) is 4.79 Å². The second-order valence-corrected chi connectivity index (χ2v) is 7.50. The predicted octanol–water partition coefficient (Wildman–Crippen LogP) is 3.37. The molecule has 3 heterocycles. The minimum atomic E-state index is -0.142. The maximum absolute atomic E-state index is 12.0. The Hall–Kier alpha value is -2.67. The number of aromatic nitrogens is 2. The summed E-state index contributed by atoms with van der Waals surface area (Å²) >= 11 is 1.48. The lowest BCUT2D eigenvalue weighted by molar-refractivity contribution is 0.0917. The zero-order chi connectivity index (χ0) is 18.5. The maximum Gasteiger partial charge on any atom is 0.286 e. The third-order valence-corrected chi connectivity index (χ3v) is 5.66. The summed E-state index contributed by atoms with van der Waals surface area (Å²) in [5.41, 5.74) is 1.23. The van der Waals surface area contributed by atoms with Crippen molar-refractivity contribution >= 4 is 22.6 Å². The largest absolute Gasteiger partial charge is 0.459 e. The standard InChI is InChI=1S/C20H22N4O2S/c25-19(17-7-4-12-26-17)21-14-16-8-10-24(11-9-16)20-22-18(23-27-20)13-15-5-2-1-3-6-15/h1-7,12,16H,8-11,13-14H2,(H,21,25). The number of piperidine rings is 1. The van der Waals surface area contributed by atoms with E-state index in [2.05, 4.69) is 26.7 Å². The quantitative estimate of drug-likeness (QED) is 0.708. The van der Waals surface area contributed by atoms with E-state index in [4.69, 9.17) is 9.40 Å². The van der Waals surface area contributed by atoms with Gasteiger partial charge in [-0.25, -0.2) is 4.98 Å². The van der Waals surface area contributed by atoms with Crippen molar-refractivity contribution in [3.05, 3.63) is 65.9 Å². The smallest absolute Gasteiger partial charge is 0.286 e. The van der Waals surface area contributed by atoms with Crippen molar-refractivity contribution in [3.63, 3.8) is 0 Å². The summed E-state index contributed by atoms with van der Waals surface area (Å²) in [6.45, 7) is 2.57. The number of carbonyl (C=O) groups excluding carboxylic acids is 1. The Morgan fingerprint density at radius 1 is 1.19 bits per heavy atom. The minimum Gasteiger partial charge on any atom is -0.459 e. The van der Waals surface area contributed by atoms with Gasteiger partial charge in [-0.3, -0.25) is 4.79 Å². The average Bonchev–Trinajstić information content (AvgIpc) is 3.40. The molecule has 1 amide bonds. The molecule has 0 spiro atoms. The van der Waals surface area contributed by atoms with Gasteiger partial charge in [0.15, 0.2) is 5.76 Å². The molecule has 0 saturated carbocycles. The summed E-state index contributed by atoms with van der Waals surface area (Å²) in [6, 6.07) is 13.7. The van der Waals surface area contributed by atoms with Crippen LogP contribution in [0.2, 0.25) is 0 Å². The lowest BCUT2D eigenvalue weighted by atomic mass is 9.97. The van der Waals surface area contributed by atoms with E-state index in [1.807, 2.05) is 18.2 Å². The van der Waals surface area contributed by atoms with Gasteiger partial charge < -0.3 is 14.6 Å². The van der Waals surface area contributed by atoms with Gasteiger partial charge in [-0.2, -0.15) is 4.37 Å². The molecule has 0 unspecified atom stereocenters. The number of nitrogens with zero attached hydrogens (tertiary/aromatic N) is 3. The van der Waals surface area contributed by atoms with Gasteiger partial charge in [-0.1, -0.05) is 30.3 Å². The summed E-state index contributed by atoms with van der Waals surface area (Å²) in [5.74, 6) is 1.59. The first-order valence-corrected chi connectivity index (χ1v) is 9.98. The van der Waals surface area contributed by atoms with Gasteiger partial charge in [-0.15, -0.1) is 0 Å². The van der Waals surface area contributed by atoms with Crippen LogP contribution in [0.25, 0.3) is 0 Å². The molecule has 4 rings (SSSR count). The molecular formula is C20H22N4O2S. The van der Waals surface area contributed by atoms with E-state index >= 15 is 0 Å². The van der Waals surface area contributed by atoms with Crippen LogP contribution in [0.15, 0.2) is 53.1 Å². The minimum absolute atomic E-state index is 0.142. The molecule has 0 bridgehead atoms. The number of benzene rings is 1. The Labute approximate surface area is 162 Å². The van der Waals surface area contributed by atoms with Crippen molar-refractivity contribution in [3.8, 4) is 0 Å². The van der Waals surface area contributed by atoms with Gasteiger partial charge in [-0.05, 0) is 36.5 Å². The van der Waals surface area contributed by atoms with Crippen molar-refractivity contribution in [1.82, 2.24) is 14.7 Å². The van der Waals surface area contributed by atoms with Crippen molar-refractivity contribution in [2.75, 3.05) is 24.5 Å². The van der Waals surface area contributed by atoms with Crippen LogP contribution in [-0.4, -0.2) is 34.9 Å². The van der Waals surface area contributed by atoms with Gasteiger partial charge in [0.1, 0.15) is 5.82 Å². The SMILES string of the molecule is O=C(NCC1CCN(c2nc(Cc3ccccc3)ns2)CC1)c1ccco1. The van der Waals surface area contributed by atoms with E-state index in [1.54, 1.807) is 12.1 Å². The van der Waals surface area contributed by atoms with Crippen LogP contribution in [0.4, 0.5) is 5.13 Å². The summed E-state index contributed by atoms with van der Waals surface area (Å²) in [6.07, 6.45) is 4.35. The van der Waals surface area contributed by atoms with Crippen LogP contribution in [0.1, 0.15) is 34.8 Å². The Morgan fingerprint density at radius 2 is 2.00 bits per heavy atom. The zero-order valence-corrected chi connectivity index (χ0v) is 15.8. The van der Waals surface area contributed by atoms with Crippen molar-refractivity contribution in [2.45, 2.75) is 19.3 Å². The Balaban J connectivity index is 1.25.